The van der Waals surface area contributed by atoms with Crippen molar-refractivity contribution >= 4 is 7.85 Å². The van der Waals surface area contributed by atoms with E-state index in [-0.39, 0.29) is 18.3 Å². The van der Waals surface area contributed by atoms with Crippen LogP contribution in [0.2, 0.25) is 0 Å². The summed E-state index contributed by atoms with van der Waals surface area (Å²) < 4.78 is 16.3. The smallest absolute Gasteiger partial charge is 0.112 e. The van der Waals surface area contributed by atoms with E-state index in [4.69, 9.17) is 22.1 Å². The zero-order valence-electron chi connectivity index (χ0n) is 10.4. The largest absolute Gasteiger partial charge is 0.388 e. The zero-order chi connectivity index (χ0) is 12.3. The molecule has 5 heteroatoms. The number of aliphatic hydroxyl groups excluding tert-OH is 1. The molecule has 1 heterocycles. The molecular weight excluding hydrogens is 207 g/mol. The van der Waals surface area contributed by atoms with Crippen molar-refractivity contribution in [1.82, 2.24) is 0 Å². The summed E-state index contributed by atoms with van der Waals surface area (Å²) in [5, 5.41) is 9.95. The van der Waals surface area contributed by atoms with Gasteiger partial charge in [-0.15, -0.1) is 0 Å². The van der Waals surface area contributed by atoms with E-state index in [0.29, 0.717) is 0 Å². The summed E-state index contributed by atoms with van der Waals surface area (Å²) >= 11 is 0. The SMILES string of the molecule is [B][C@@H]1O[C@H](CC)C(O)[C@@H]1O[C@H](C)[C@@H](C)OC. The summed E-state index contributed by atoms with van der Waals surface area (Å²) in [6.07, 6.45) is -0.813. The van der Waals surface area contributed by atoms with E-state index in [2.05, 4.69) is 0 Å². The maximum absolute atomic E-state index is 9.95. The summed E-state index contributed by atoms with van der Waals surface area (Å²) in [4.78, 5) is 0. The number of rotatable bonds is 5. The second-order valence-corrected chi connectivity index (χ2v) is 4.28. The van der Waals surface area contributed by atoms with E-state index < -0.39 is 18.2 Å². The van der Waals surface area contributed by atoms with Gasteiger partial charge in [0.2, 0.25) is 0 Å². The van der Waals surface area contributed by atoms with Gasteiger partial charge in [0.15, 0.2) is 0 Å². The van der Waals surface area contributed by atoms with Crippen LogP contribution in [0.25, 0.3) is 0 Å². The van der Waals surface area contributed by atoms with Gasteiger partial charge in [-0.2, -0.15) is 0 Å². The van der Waals surface area contributed by atoms with Crippen molar-refractivity contribution in [2.24, 2.45) is 0 Å². The first kappa shape index (κ1) is 14.0. The lowest BCUT2D eigenvalue weighted by Crippen LogP contribution is -2.40. The van der Waals surface area contributed by atoms with E-state index >= 15 is 0 Å². The molecule has 0 bridgehead atoms. The Balaban J connectivity index is 2.53. The molecule has 0 saturated carbocycles. The van der Waals surface area contributed by atoms with Gasteiger partial charge in [-0.3, -0.25) is 0 Å². The summed E-state index contributed by atoms with van der Waals surface area (Å²) in [6, 6.07) is -0.563. The predicted octanol–water partition coefficient (Wildman–Crippen LogP) is 0.459. The highest BCUT2D eigenvalue weighted by Crippen LogP contribution is 2.25. The minimum Gasteiger partial charge on any atom is -0.388 e. The van der Waals surface area contributed by atoms with Crippen LogP contribution in [0.15, 0.2) is 0 Å². The molecule has 0 amide bonds. The third kappa shape index (κ3) is 2.97. The first-order valence-corrected chi connectivity index (χ1v) is 5.78. The Kier molecular flexibility index (Phi) is 5.24. The van der Waals surface area contributed by atoms with Crippen molar-refractivity contribution in [3.8, 4) is 0 Å². The molecule has 1 aliphatic heterocycles. The van der Waals surface area contributed by atoms with Gasteiger partial charge < -0.3 is 19.3 Å². The molecule has 0 aromatic heterocycles. The molecule has 0 aromatic carbocycles. The van der Waals surface area contributed by atoms with Crippen molar-refractivity contribution in [3.63, 3.8) is 0 Å². The molecule has 0 spiro atoms. The second kappa shape index (κ2) is 6.01. The highest BCUT2D eigenvalue weighted by atomic mass is 16.6. The fraction of sp³-hybridized carbons (Fsp3) is 1.00. The maximum atomic E-state index is 9.95. The molecular formula is C11H21BO4. The Morgan fingerprint density at radius 2 is 2.00 bits per heavy atom. The lowest BCUT2D eigenvalue weighted by atomic mass is 9.92. The number of aliphatic hydroxyl groups is 1. The monoisotopic (exact) mass is 228 g/mol. The Morgan fingerprint density at radius 1 is 1.38 bits per heavy atom. The summed E-state index contributed by atoms with van der Waals surface area (Å²) in [5.41, 5.74) is 0. The number of hydrogen-bond acceptors (Lipinski definition) is 4. The van der Waals surface area contributed by atoms with Gasteiger partial charge in [0.25, 0.3) is 0 Å². The lowest BCUT2D eigenvalue weighted by molar-refractivity contribution is -0.104. The first-order valence-electron chi connectivity index (χ1n) is 5.78. The molecule has 0 aromatic rings. The Bertz CT molecular complexity index is 214. The van der Waals surface area contributed by atoms with Crippen molar-refractivity contribution in [2.45, 2.75) is 63.7 Å². The van der Waals surface area contributed by atoms with Crippen LogP contribution in [0.4, 0.5) is 0 Å². The average Bonchev–Trinajstić information content (AvgIpc) is 2.55. The van der Waals surface area contributed by atoms with Crippen LogP contribution in [-0.2, 0) is 14.2 Å². The first-order chi connectivity index (χ1) is 7.51. The van der Waals surface area contributed by atoms with E-state index in [9.17, 15) is 5.11 Å². The van der Waals surface area contributed by atoms with Gasteiger partial charge in [0.1, 0.15) is 20.1 Å². The topological polar surface area (TPSA) is 47.9 Å². The molecule has 1 fully saturated rings. The third-order valence-electron chi connectivity index (χ3n) is 3.18. The Morgan fingerprint density at radius 3 is 2.44 bits per heavy atom. The van der Waals surface area contributed by atoms with E-state index in [1.165, 1.54) is 0 Å². The summed E-state index contributed by atoms with van der Waals surface area (Å²) in [6.45, 7) is 5.76. The molecule has 1 saturated heterocycles. The summed E-state index contributed by atoms with van der Waals surface area (Å²) in [5.74, 6) is 0. The minimum atomic E-state index is -0.661. The second-order valence-electron chi connectivity index (χ2n) is 4.28. The van der Waals surface area contributed by atoms with E-state index in [1.54, 1.807) is 7.11 Å². The van der Waals surface area contributed by atoms with Crippen LogP contribution in [0.3, 0.4) is 0 Å². The zero-order valence-corrected chi connectivity index (χ0v) is 10.4. The molecule has 1 unspecified atom stereocenters. The molecule has 1 N–H and O–H groups in total. The fourth-order valence-corrected chi connectivity index (χ4v) is 1.81. The third-order valence-corrected chi connectivity index (χ3v) is 3.18. The summed E-state index contributed by atoms with van der Waals surface area (Å²) in [7, 11) is 7.40. The molecule has 0 aliphatic carbocycles. The molecule has 16 heavy (non-hydrogen) atoms. The van der Waals surface area contributed by atoms with Crippen LogP contribution in [0.5, 0.6) is 0 Å². The van der Waals surface area contributed by atoms with E-state index in [0.717, 1.165) is 6.42 Å². The van der Waals surface area contributed by atoms with Crippen molar-refractivity contribution < 1.29 is 19.3 Å². The van der Waals surface area contributed by atoms with Gasteiger partial charge >= 0.3 is 0 Å². The standard InChI is InChI=1S/C11H21BO4/c1-5-8-9(13)10(11(12)16-8)15-7(3)6(2)14-4/h6-11,13H,5H2,1-4H3/t6-,7-,8-,9?,10+,11-/m1/s1. The van der Waals surface area contributed by atoms with Crippen molar-refractivity contribution in [2.75, 3.05) is 7.11 Å². The average molecular weight is 228 g/mol. The van der Waals surface area contributed by atoms with Crippen LogP contribution in [0.1, 0.15) is 27.2 Å². The molecule has 1 rings (SSSR count). The van der Waals surface area contributed by atoms with Crippen LogP contribution < -0.4 is 0 Å². The molecule has 1 aliphatic rings. The van der Waals surface area contributed by atoms with Crippen molar-refractivity contribution in [1.29, 1.82) is 0 Å². The number of hydrogen-bond donors (Lipinski definition) is 1. The number of ether oxygens (including phenoxy) is 3. The number of methoxy groups -OCH3 is 1. The predicted molar refractivity (Wildman–Crippen MR) is 61.5 cm³/mol. The van der Waals surface area contributed by atoms with Crippen LogP contribution >= 0.6 is 0 Å². The Hall–Kier alpha value is -0.0951. The molecule has 6 atom stereocenters. The molecule has 2 radical (unpaired) electrons. The Labute approximate surface area is 98.7 Å². The molecule has 4 nitrogen and oxygen atoms in total. The van der Waals surface area contributed by atoms with Crippen LogP contribution in [0, 0.1) is 0 Å². The van der Waals surface area contributed by atoms with E-state index in [1.807, 2.05) is 20.8 Å². The van der Waals surface area contributed by atoms with Gasteiger partial charge in [0.05, 0.1) is 18.3 Å². The highest BCUT2D eigenvalue weighted by Gasteiger charge is 2.41. The van der Waals surface area contributed by atoms with Gasteiger partial charge in [0, 0.05) is 13.1 Å². The quantitative estimate of drug-likeness (QED) is 0.694. The molecule has 92 valence electrons. The maximum Gasteiger partial charge on any atom is 0.112 e. The lowest BCUT2D eigenvalue weighted by Gasteiger charge is -2.26. The minimum absolute atomic E-state index is 0.0416. The van der Waals surface area contributed by atoms with Gasteiger partial charge in [-0.25, -0.2) is 0 Å². The van der Waals surface area contributed by atoms with Gasteiger partial charge in [-0.1, -0.05) is 6.92 Å². The highest BCUT2D eigenvalue weighted by molar-refractivity contribution is 6.11. The van der Waals surface area contributed by atoms with Crippen molar-refractivity contribution in [3.05, 3.63) is 0 Å². The van der Waals surface area contributed by atoms with Gasteiger partial charge in [-0.05, 0) is 20.3 Å². The fourth-order valence-electron chi connectivity index (χ4n) is 1.81. The normalized spacial score (nSPS) is 38.6. The van der Waals surface area contributed by atoms with Crippen LogP contribution in [-0.4, -0.2) is 56.6 Å².